The second-order valence-electron chi connectivity index (χ2n) is 6.16. The lowest BCUT2D eigenvalue weighted by Crippen LogP contribution is -2.43. The Morgan fingerprint density at radius 3 is 2.57 bits per heavy atom. The second kappa shape index (κ2) is 7.72. The lowest BCUT2D eigenvalue weighted by Gasteiger charge is -2.35. The summed E-state index contributed by atoms with van der Waals surface area (Å²) >= 11 is 3.61. The van der Waals surface area contributed by atoms with Crippen LogP contribution in [0.2, 0.25) is 0 Å². The number of nitrogens with two attached hydrogens (primary N) is 1. The molecule has 3 N–H and O–H groups in total. The number of methoxy groups -OCH3 is 1. The summed E-state index contributed by atoms with van der Waals surface area (Å²) in [5, 5.41) is 4.46. The molecule has 120 valence electrons. The molecule has 6 heteroatoms. The van der Waals surface area contributed by atoms with Gasteiger partial charge in [0.25, 0.3) is 0 Å². The van der Waals surface area contributed by atoms with E-state index in [0.717, 1.165) is 10.2 Å². The SMILES string of the molecule is COC(C1CCCCC1)C(NN)c1c(Br)cnn1C(C)C. The Morgan fingerprint density at radius 2 is 2.05 bits per heavy atom. The van der Waals surface area contributed by atoms with Crippen molar-refractivity contribution in [1.82, 2.24) is 15.2 Å². The fourth-order valence-electron chi connectivity index (χ4n) is 3.45. The Morgan fingerprint density at radius 1 is 1.38 bits per heavy atom. The number of hydrogen-bond acceptors (Lipinski definition) is 4. The summed E-state index contributed by atoms with van der Waals surface area (Å²) in [4.78, 5) is 0. The standard InChI is InChI=1S/C15H27BrN4O/c1-10(2)20-14(12(16)9-18-20)13(19-17)15(21-3)11-7-5-4-6-8-11/h9-11,13,15,19H,4-8,17H2,1-3H3. The second-order valence-corrected chi connectivity index (χ2v) is 7.01. The number of rotatable bonds is 6. The van der Waals surface area contributed by atoms with E-state index in [0.29, 0.717) is 5.92 Å². The third-order valence-corrected chi connectivity index (χ3v) is 5.08. The molecule has 0 amide bonds. The van der Waals surface area contributed by atoms with Gasteiger partial charge in [0.05, 0.1) is 28.5 Å². The van der Waals surface area contributed by atoms with Crippen molar-refractivity contribution in [2.75, 3.05) is 7.11 Å². The molecule has 1 aliphatic rings. The van der Waals surface area contributed by atoms with E-state index < -0.39 is 0 Å². The van der Waals surface area contributed by atoms with Gasteiger partial charge in [0.1, 0.15) is 0 Å². The Balaban J connectivity index is 2.30. The first kappa shape index (κ1) is 16.9. The largest absolute Gasteiger partial charge is 0.379 e. The molecule has 2 unspecified atom stereocenters. The maximum atomic E-state index is 5.89. The number of hydrazine groups is 1. The van der Waals surface area contributed by atoms with Crippen LogP contribution in [0.4, 0.5) is 0 Å². The Bertz CT molecular complexity index is 443. The number of ether oxygens (including phenoxy) is 1. The summed E-state index contributed by atoms with van der Waals surface area (Å²) < 4.78 is 8.85. The molecule has 0 aromatic carbocycles. The molecule has 2 rings (SSSR count). The molecule has 1 aliphatic carbocycles. The van der Waals surface area contributed by atoms with E-state index in [4.69, 9.17) is 10.6 Å². The highest BCUT2D eigenvalue weighted by atomic mass is 79.9. The van der Waals surface area contributed by atoms with E-state index >= 15 is 0 Å². The zero-order valence-corrected chi connectivity index (χ0v) is 14.8. The molecule has 0 spiro atoms. The van der Waals surface area contributed by atoms with Gasteiger partial charge in [0.15, 0.2) is 0 Å². The first-order chi connectivity index (χ1) is 10.1. The maximum absolute atomic E-state index is 5.89. The molecule has 1 aromatic heterocycles. The molecule has 1 aromatic rings. The summed E-state index contributed by atoms with van der Waals surface area (Å²) in [6.07, 6.45) is 8.24. The van der Waals surface area contributed by atoms with Gasteiger partial charge in [-0.3, -0.25) is 10.5 Å². The van der Waals surface area contributed by atoms with Gasteiger partial charge < -0.3 is 4.74 Å². The van der Waals surface area contributed by atoms with Crippen LogP contribution in [0, 0.1) is 5.92 Å². The normalized spacial score (nSPS) is 19.9. The van der Waals surface area contributed by atoms with Crippen molar-refractivity contribution < 1.29 is 4.74 Å². The van der Waals surface area contributed by atoms with Gasteiger partial charge in [-0.1, -0.05) is 19.3 Å². The topological polar surface area (TPSA) is 65.1 Å². The van der Waals surface area contributed by atoms with Crippen LogP contribution in [0.5, 0.6) is 0 Å². The average Bonchev–Trinajstić information content (AvgIpc) is 2.87. The van der Waals surface area contributed by atoms with E-state index in [1.807, 2.05) is 10.9 Å². The van der Waals surface area contributed by atoms with Crippen molar-refractivity contribution >= 4 is 15.9 Å². The minimum absolute atomic E-state index is 0.0580. The molecular weight excluding hydrogens is 332 g/mol. The summed E-state index contributed by atoms with van der Waals surface area (Å²) in [6.45, 7) is 4.25. The minimum atomic E-state index is -0.0580. The van der Waals surface area contributed by atoms with Crippen molar-refractivity contribution in [3.05, 3.63) is 16.4 Å². The third kappa shape index (κ3) is 3.67. The van der Waals surface area contributed by atoms with Crippen LogP contribution in [0.25, 0.3) is 0 Å². The van der Waals surface area contributed by atoms with Gasteiger partial charge in [-0.25, -0.2) is 5.43 Å². The maximum Gasteiger partial charge on any atom is 0.0904 e. The number of nitrogens with one attached hydrogen (secondary N) is 1. The molecule has 2 atom stereocenters. The van der Waals surface area contributed by atoms with Crippen molar-refractivity contribution in [3.63, 3.8) is 0 Å². The molecule has 0 radical (unpaired) electrons. The van der Waals surface area contributed by atoms with E-state index in [-0.39, 0.29) is 18.2 Å². The number of hydrogen-bond donors (Lipinski definition) is 2. The summed E-state index contributed by atoms with van der Waals surface area (Å²) in [5.41, 5.74) is 4.05. The van der Waals surface area contributed by atoms with E-state index in [1.165, 1.54) is 32.1 Å². The van der Waals surface area contributed by atoms with Crippen LogP contribution in [0.1, 0.15) is 63.7 Å². The van der Waals surface area contributed by atoms with Gasteiger partial charge in [-0.05, 0) is 48.5 Å². The highest BCUT2D eigenvalue weighted by Gasteiger charge is 2.34. The molecule has 0 aliphatic heterocycles. The summed E-state index contributed by atoms with van der Waals surface area (Å²) in [5.74, 6) is 6.44. The average molecular weight is 359 g/mol. The zero-order chi connectivity index (χ0) is 15.4. The predicted molar refractivity (Wildman–Crippen MR) is 87.7 cm³/mol. The van der Waals surface area contributed by atoms with Crippen LogP contribution in [0.3, 0.4) is 0 Å². The zero-order valence-electron chi connectivity index (χ0n) is 13.2. The Hall–Kier alpha value is -0.430. The first-order valence-corrected chi connectivity index (χ1v) is 8.61. The number of nitrogens with zero attached hydrogens (tertiary/aromatic N) is 2. The lowest BCUT2D eigenvalue weighted by molar-refractivity contribution is 0.00489. The quantitative estimate of drug-likeness (QED) is 0.604. The van der Waals surface area contributed by atoms with Crippen LogP contribution < -0.4 is 11.3 Å². The fraction of sp³-hybridized carbons (Fsp3) is 0.800. The Kier molecular flexibility index (Phi) is 6.22. The van der Waals surface area contributed by atoms with Crippen molar-refractivity contribution in [2.45, 2.75) is 64.1 Å². The van der Waals surface area contributed by atoms with Crippen LogP contribution in [0.15, 0.2) is 10.7 Å². The van der Waals surface area contributed by atoms with E-state index in [2.05, 4.69) is 40.3 Å². The Labute approximate surface area is 135 Å². The van der Waals surface area contributed by atoms with Crippen molar-refractivity contribution in [3.8, 4) is 0 Å². The van der Waals surface area contributed by atoms with Gasteiger partial charge in [-0.15, -0.1) is 0 Å². The van der Waals surface area contributed by atoms with Gasteiger partial charge >= 0.3 is 0 Å². The monoisotopic (exact) mass is 358 g/mol. The van der Waals surface area contributed by atoms with Gasteiger partial charge in [0.2, 0.25) is 0 Å². The number of aromatic nitrogens is 2. The van der Waals surface area contributed by atoms with Crippen LogP contribution in [-0.4, -0.2) is 23.0 Å². The molecule has 1 saturated carbocycles. The molecule has 5 nitrogen and oxygen atoms in total. The van der Waals surface area contributed by atoms with Gasteiger partial charge in [0, 0.05) is 13.2 Å². The van der Waals surface area contributed by atoms with Crippen LogP contribution >= 0.6 is 15.9 Å². The van der Waals surface area contributed by atoms with Crippen LogP contribution in [-0.2, 0) is 4.74 Å². The molecule has 21 heavy (non-hydrogen) atoms. The molecule has 0 bridgehead atoms. The minimum Gasteiger partial charge on any atom is -0.379 e. The predicted octanol–water partition coefficient (Wildman–Crippen LogP) is 3.33. The molecule has 1 fully saturated rings. The van der Waals surface area contributed by atoms with Crippen molar-refractivity contribution in [2.24, 2.45) is 11.8 Å². The first-order valence-electron chi connectivity index (χ1n) is 7.82. The third-order valence-electron chi connectivity index (χ3n) is 4.47. The lowest BCUT2D eigenvalue weighted by atomic mass is 9.82. The molecular formula is C15H27BrN4O. The molecule has 1 heterocycles. The smallest absolute Gasteiger partial charge is 0.0904 e. The van der Waals surface area contributed by atoms with E-state index in [1.54, 1.807) is 7.11 Å². The summed E-state index contributed by atoms with van der Waals surface area (Å²) in [7, 11) is 1.79. The number of halogens is 1. The van der Waals surface area contributed by atoms with E-state index in [9.17, 15) is 0 Å². The fourth-order valence-corrected chi connectivity index (χ4v) is 3.97. The highest BCUT2D eigenvalue weighted by molar-refractivity contribution is 9.10. The van der Waals surface area contributed by atoms with Gasteiger partial charge in [-0.2, -0.15) is 5.10 Å². The highest BCUT2D eigenvalue weighted by Crippen LogP contribution is 2.36. The molecule has 0 saturated heterocycles. The summed E-state index contributed by atoms with van der Waals surface area (Å²) in [6, 6.07) is 0.225. The van der Waals surface area contributed by atoms with Crippen molar-refractivity contribution in [1.29, 1.82) is 0 Å².